The Morgan fingerprint density at radius 1 is 1.10 bits per heavy atom. The number of nitrogens with one attached hydrogen (secondary N) is 1. The number of fused-ring (bicyclic) bond motifs is 1. The summed E-state index contributed by atoms with van der Waals surface area (Å²) in [5, 5.41) is 4.82. The summed E-state index contributed by atoms with van der Waals surface area (Å²) in [6, 6.07) is 17.4. The lowest BCUT2D eigenvalue weighted by Crippen LogP contribution is -2.48. The molecule has 4 rings (SSSR count). The molecule has 1 aliphatic rings. The van der Waals surface area contributed by atoms with Gasteiger partial charge >= 0.3 is 0 Å². The Morgan fingerprint density at radius 3 is 2.67 bits per heavy atom. The Morgan fingerprint density at radius 2 is 1.87 bits per heavy atom. The molecule has 156 valence electrons. The molecule has 1 N–H and O–H groups in total. The number of carbonyl (C=O) groups excluding carboxylic acids is 1. The molecular formula is C24H25ClN2O3. The molecule has 30 heavy (non-hydrogen) atoms. The molecule has 5 nitrogen and oxygen atoms in total. The Kier molecular flexibility index (Phi) is 6.50. The van der Waals surface area contributed by atoms with E-state index in [-0.39, 0.29) is 5.91 Å². The highest BCUT2D eigenvalue weighted by atomic mass is 35.5. The van der Waals surface area contributed by atoms with E-state index in [1.54, 1.807) is 6.20 Å². The smallest absolute Gasteiger partial charge is 0.230 e. The second kappa shape index (κ2) is 9.45. The van der Waals surface area contributed by atoms with Crippen LogP contribution in [0.15, 0.2) is 60.8 Å². The summed E-state index contributed by atoms with van der Waals surface area (Å²) >= 11 is 6.04. The van der Waals surface area contributed by atoms with Crippen molar-refractivity contribution in [3.8, 4) is 5.75 Å². The third kappa shape index (κ3) is 4.42. The first kappa shape index (κ1) is 20.6. The summed E-state index contributed by atoms with van der Waals surface area (Å²) in [4.78, 5) is 17.6. The zero-order valence-electron chi connectivity index (χ0n) is 16.8. The number of hydrogen-bond acceptors (Lipinski definition) is 4. The summed E-state index contributed by atoms with van der Waals surface area (Å²) in [5.41, 5.74) is 1.28. The molecule has 3 aromatic rings. The largest absolute Gasteiger partial charge is 0.491 e. The molecule has 0 spiro atoms. The number of carbonyl (C=O) groups is 1. The minimum Gasteiger partial charge on any atom is -0.491 e. The van der Waals surface area contributed by atoms with Crippen molar-refractivity contribution in [2.24, 2.45) is 0 Å². The van der Waals surface area contributed by atoms with E-state index in [9.17, 15) is 4.79 Å². The number of pyridine rings is 1. The van der Waals surface area contributed by atoms with Gasteiger partial charge in [-0.2, -0.15) is 0 Å². The molecule has 0 unspecified atom stereocenters. The number of amides is 1. The standard InChI is InChI=1S/C24H25ClN2O3/c25-20-9-7-19(8-10-20)24(11-16-29-17-12-24)23(28)27-14-3-15-30-21-6-1-4-18-5-2-13-26-22(18)21/h1-2,4-10,13H,3,11-12,14-17H2,(H,27,28). The monoisotopic (exact) mass is 424 g/mol. The number of rotatable bonds is 7. The summed E-state index contributed by atoms with van der Waals surface area (Å²) in [6.07, 6.45) is 3.80. The van der Waals surface area contributed by atoms with E-state index in [0.717, 1.165) is 22.2 Å². The lowest BCUT2D eigenvalue weighted by molar-refractivity contribution is -0.130. The molecule has 0 atom stereocenters. The van der Waals surface area contributed by atoms with Crippen LogP contribution >= 0.6 is 11.6 Å². The molecule has 1 aliphatic heterocycles. The molecule has 1 aromatic heterocycles. The number of halogens is 1. The third-order valence-electron chi connectivity index (χ3n) is 5.64. The van der Waals surface area contributed by atoms with E-state index in [1.807, 2.05) is 54.6 Å². The van der Waals surface area contributed by atoms with Crippen LogP contribution in [0.25, 0.3) is 10.9 Å². The van der Waals surface area contributed by atoms with Crippen LogP contribution in [0.5, 0.6) is 5.75 Å². The first-order valence-corrected chi connectivity index (χ1v) is 10.7. The van der Waals surface area contributed by atoms with Gasteiger partial charge in [0.15, 0.2) is 0 Å². The van der Waals surface area contributed by atoms with Crippen molar-refractivity contribution in [1.29, 1.82) is 0 Å². The fourth-order valence-corrected chi connectivity index (χ4v) is 4.08. The minimum atomic E-state index is -0.566. The third-order valence-corrected chi connectivity index (χ3v) is 5.89. The van der Waals surface area contributed by atoms with Gasteiger partial charge in [0.2, 0.25) is 5.91 Å². The number of aromatic nitrogens is 1. The van der Waals surface area contributed by atoms with Crippen LogP contribution < -0.4 is 10.1 Å². The molecular weight excluding hydrogens is 400 g/mol. The van der Waals surface area contributed by atoms with Crippen LogP contribution in [0.4, 0.5) is 0 Å². The van der Waals surface area contributed by atoms with E-state index in [2.05, 4.69) is 10.3 Å². The number of nitrogens with zero attached hydrogens (tertiary/aromatic N) is 1. The van der Waals surface area contributed by atoms with E-state index < -0.39 is 5.41 Å². The average molecular weight is 425 g/mol. The highest BCUT2D eigenvalue weighted by Crippen LogP contribution is 2.35. The van der Waals surface area contributed by atoms with Crippen molar-refractivity contribution in [3.05, 3.63) is 71.4 Å². The van der Waals surface area contributed by atoms with E-state index in [1.165, 1.54) is 0 Å². The minimum absolute atomic E-state index is 0.0416. The van der Waals surface area contributed by atoms with Gasteiger partial charge in [0, 0.05) is 36.4 Å². The van der Waals surface area contributed by atoms with Gasteiger partial charge in [-0.3, -0.25) is 9.78 Å². The molecule has 0 radical (unpaired) electrons. The van der Waals surface area contributed by atoms with Crippen molar-refractivity contribution in [1.82, 2.24) is 10.3 Å². The summed E-state index contributed by atoms with van der Waals surface area (Å²) in [5.74, 6) is 0.807. The number of ether oxygens (including phenoxy) is 2. The van der Waals surface area contributed by atoms with Crippen molar-refractivity contribution in [3.63, 3.8) is 0 Å². The average Bonchev–Trinajstić information content (AvgIpc) is 2.79. The molecule has 2 aromatic carbocycles. The summed E-state index contributed by atoms with van der Waals surface area (Å²) in [7, 11) is 0. The zero-order valence-corrected chi connectivity index (χ0v) is 17.5. The van der Waals surface area contributed by atoms with Gasteiger partial charge < -0.3 is 14.8 Å². The van der Waals surface area contributed by atoms with Crippen LogP contribution in [0.3, 0.4) is 0 Å². The second-order valence-electron chi connectivity index (χ2n) is 7.49. The van der Waals surface area contributed by atoms with Crippen molar-refractivity contribution in [2.45, 2.75) is 24.7 Å². The van der Waals surface area contributed by atoms with Gasteiger partial charge in [-0.05, 0) is 49.1 Å². The van der Waals surface area contributed by atoms with Crippen LogP contribution in [0.2, 0.25) is 5.02 Å². The van der Waals surface area contributed by atoms with Crippen LogP contribution in [0.1, 0.15) is 24.8 Å². The van der Waals surface area contributed by atoms with Crippen molar-refractivity contribution >= 4 is 28.4 Å². The highest BCUT2D eigenvalue weighted by Gasteiger charge is 2.41. The first-order chi connectivity index (χ1) is 14.7. The van der Waals surface area contributed by atoms with Gasteiger partial charge in [0.1, 0.15) is 11.3 Å². The Balaban J connectivity index is 1.34. The maximum Gasteiger partial charge on any atom is 0.230 e. The van der Waals surface area contributed by atoms with Crippen molar-refractivity contribution in [2.75, 3.05) is 26.4 Å². The topological polar surface area (TPSA) is 60.5 Å². The Hall–Kier alpha value is -2.63. The number of para-hydroxylation sites is 1. The molecule has 0 bridgehead atoms. The fraction of sp³-hybridized carbons (Fsp3) is 0.333. The van der Waals surface area contributed by atoms with E-state index in [4.69, 9.17) is 21.1 Å². The number of hydrogen-bond donors (Lipinski definition) is 1. The van der Waals surface area contributed by atoms with Crippen molar-refractivity contribution < 1.29 is 14.3 Å². The molecule has 2 heterocycles. The second-order valence-corrected chi connectivity index (χ2v) is 7.93. The van der Waals surface area contributed by atoms with E-state index in [0.29, 0.717) is 50.7 Å². The van der Waals surface area contributed by atoms with E-state index >= 15 is 0 Å². The maximum atomic E-state index is 13.2. The van der Waals surface area contributed by atoms with Gasteiger partial charge in [-0.15, -0.1) is 0 Å². The Bertz CT molecular complexity index is 996. The number of benzene rings is 2. The van der Waals surface area contributed by atoms with Crippen LogP contribution in [-0.2, 0) is 14.9 Å². The summed E-state index contributed by atoms with van der Waals surface area (Å²) in [6.45, 7) is 2.21. The first-order valence-electron chi connectivity index (χ1n) is 10.3. The van der Waals surface area contributed by atoms with Gasteiger partial charge in [0.05, 0.1) is 12.0 Å². The summed E-state index contributed by atoms with van der Waals surface area (Å²) < 4.78 is 11.4. The normalized spacial score (nSPS) is 15.6. The molecule has 1 amide bonds. The fourth-order valence-electron chi connectivity index (χ4n) is 3.95. The molecule has 1 saturated heterocycles. The maximum absolute atomic E-state index is 13.2. The lowest BCUT2D eigenvalue weighted by atomic mass is 9.73. The molecule has 0 saturated carbocycles. The predicted octanol–water partition coefficient (Wildman–Crippen LogP) is 4.52. The predicted molar refractivity (Wildman–Crippen MR) is 118 cm³/mol. The van der Waals surface area contributed by atoms with Crippen LogP contribution in [0, 0.1) is 0 Å². The SMILES string of the molecule is O=C(NCCCOc1cccc2cccnc12)C1(c2ccc(Cl)cc2)CCOCC1. The van der Waals surface area contributed by atoms with Crippen LogP contribution in [-0.4, -0.2) is 37.3 Å². The highest BCUT2D eigenvalue weighted by molar-refractivity contribution is 6.30. The van der Waals surface area contributed by atoms with Gasteiger partial charge in [-0.1, -0.05) is 41.9 Å². The quantitative estimate of drug-likeness (QED) is 0.566. The molecule has 0 aliphatic carbocycles. The molecule has 6 heteroatoms. The zero-order chi connectivity index (χ0) is 20.8. The molecule has 1 fully saturated rings. The lowest BCUT2D eigenvalue weighted by Gasteiger charge is -2.36. The van der Waals surface area contributed by atoms with Gasteiger partial charge in [-0.25, -0.2) is 0 Å². The van der Waals surface area contributed by atoms with Gasteiger partial charge in [0.25, 0.3) is 0 Å². The Labute approximate surface area is 181 Å².